The first-order valence-corrected chi connectivity index (χ1v) is 8.56. The minimum atomic E-state index is -0.194. The van der Waals surface area contributed by atoms with Crippen LogP contribution < -0.4 is 4.90 Å². The number of rotatable bonds is 2. The van der Waals surface area contributed by atoms with E-state index in [0.29, 0.717) is 0 Å². The lowest BCUT2D eigenvalue weighted by Gasteiger charge is -2.23. The Morgan fingerprint density at radius 3 is 2.75 bits per heavy atom. The van der Waals surface area contributed by atoms with Gasteiger partial charge in [0.1, 0.15) is 5.82 Å². The maximum atomic E-state index is 9.94. The second kappa shape index (κ2) is 6.24. The van der Waals surface area contributed by atoms with Gasteiger partial charge in [-0.3, -0.25) is 0 Å². The average molecular weight is 322 g/mol. The number of benzene rings is 1. The Morgan fingerprint density at radius 2 is 1.92 bits per heavy atom. The van der Waals surface area contributed by atoms with E-state index in [1.165, 1.54) is 0 Å². The van der Waals surface area contributed by atoms with Crippen LogP contribution in [-0.2, 0) is 0 Å². The molecule has 1 fully saturated rings. The third-order valence-electron chi connectivity index (χ3n) is 4.62. The summed E-state index contributed by atoms with van der Waals surface area (Å²) < 4.78 is 1.93. The molecule has 1 aliphatic heterocycles. The van der Waals surface area contributed by atoms with Gasteiger partial charge in [0.25, 0.3) is 0 Å². The zero-order valence-corrected chi connectivity index (χ0v) is 13.9. The number of nitrogens with zero attached hydrogens (tertiary/aromatic N) is 4. The third-order valence-corrected chi connectivity index (χ3v) is 4.62. The molecule has 1 N–H and O–H groups in total. The van der Waals surface area contributed by atoms with Crippen LogP contribution in [0.1, 0.15) is 25.0 Å². The summed E-state index contributed by atoms with van der Waals surface area (Å²) >= 11 is 0. The predicted molar refractivity (Wildman–Crippen MR) is 95.2 cm³/mol. The van der Waals surface area contributed by atoms with Crippen molar-refractivity contribution in [1.82, 2.24) is 14.6 Å². The van der Waals surface area contributed by atoms with Gasteiger partial charge in [-0.2, -0.15) is 9.61 Å². The van der Waals surface area contributed by atoms with Crippen LogP contribution in [0.3, 0.4) is 0 Å². The lowest BCUT2D eigenvalue weighted by atomic mass is 10.1. The molecular weight excluding hydrogens is 300 g/mol. The lowest BCUT2D eigenvalue weighted by Crippen LogP contribution is -2.27. The molecule has 1 atom stereocenters. The first kappa shape index (κ1) is 15.1. The van der Waals surface area contributed by atoms with Gasteiger partial charge in [0, 0.05) is 30.8 Å². The molecule has 2 aromatic heterocycles. The second-order valence-electron chi connectivity index (χ2n) is 6.49. The van der Waals surface area contributed by atoms with Gasteiger partial charge in [0.15, 0.2) is 5.65 Å². The minimum Gasteiger partial charge on any atom is -0.393 e. The monoisotopic (exact) mass is 322 g/mol. The molecule has 0 amide bonds. The highest BCUT2D eigenvalue weighted by atomic mass is 16.3. The average Bonchev–Trinajstić information content (AvgIpc) is 2.84. The van der Waals surface area contributed by atoms with E-state index in [-0.39, 0.29) is 6.10 Å². The summed E-state index contributed by atoms with van der Waals surface area (Å²) in [5, 5.41) is 14.6. The van der Waals surface area contributed by atoms with E-state index in [2.05, 4.69) is 28.2 Å². The van der Waals surface area contributed by atoms with Crippen LogP contribution in [0.5, 0.6) is 0 Å². The van der Waals surface area contributed by atoms with Crippen molar-refractivity contribution in [3.63, 3.8) is 0 Å². The summed E-state index contributed by atoms with van der Waals surface area (Å²) in [6.45, 7) is 3.77. The maximum Gasteiger partial charge on any atom is 0.158 e. The minimum absolute atomic E-state index is 0.194. The highest BCUT2D eigenvalue weighted by Crippen LogP contribution is 2.26. The van der Waals surface area contributed by atoms with Crippen LogP contribution >= 0.6 is 0 Å². The number of aromatic nitrogens is 3. The molecule has 0 radical (unpaired) electrons. The summed E-state index contributed by atoms with van der Waals surface area (Å²) in [6, 6.07) is 14.4. The fraction of sp³-hybridized carbons (Fsp3) is 0.368. The van der Waals surface area contributed by atoms with Gasteiger partial charge in [-0.25, -0.2) is 4.98 Å². The summed E-state index contributed by atoms with van der Waals surface area (Å²) in [7, 11) is 0. The van der Waals surface area contributed by atoms with Crippen molar-refractivity contribution in [3.05, 3.63) is 48.2 Å². The standard InChI is InChI=1S/C19H22N4O/c1-14-12-18-20-17(15-6-3-2-4-7-15)13-19(23(18)21-14)22-10-5-8-16(24)9-11-22/h2-4,6-7,12-13,16,24H,5,8-11H2,1H3/t16-/m1/s1. The highest BCUT2D eigenvalue weighted by Gasteiger charge is 2.19. The Morgan fingerprint density at radius 1 is 1.08 bits per heavy atom. The summed E-state index contributed by atoms with van der Waals surface area (Å²) in [4.78, 5) is 7.11. The van der Waals surface area contributed by atoms with Gasteiger partial charge in [0.2, 0.25) is 0 Å². The number of anilines is 1. The molecule has 3 aromatic rings. The molecule has 0 spiro atoms. The van der Waals surface area contributed by atoms with Crippen molar-refractivity contribution in [2.75, 3.05) is 18.0 Å². The van der Waals surface area contributed by atoms with Crippen molar-refractivity contribution >= 4 is 11.5 Å². The van der Waals surface area contributed by atoms with Crippen molar-refractivity contribution in [2.45, 2.75) is 32.3 Å². The Labute approximate surface area is 141 Å². The van der Waals surface area contributed by atoms with Gasteiger partial charge >= 0.3 is 0 Å². The predicted octanol–water partition coefficient (Wildman–Crippen LogP) is 3.06. The fourth-order valence-corrected chi connectivity index (χ4v) is 3.36. The molecule has 1 saturated heterocycles. The molecule has 4 rings (SSSR count). The number of hydrogen-bond acceptors (Lipinski definition) is 4. The zero-order chi connectivity index (χ0) is 16.5. The fourth-order valence-electron chi connectivity index (χ4n) is 3.36. The molecule has 5 heteroatoms. The van der Waals surface area contributed by atoms with Gasteiger partial charge in [-0.05, 0) is 26.2 Å². The Kier molecular flexibility index (Phi) is 3.94. The Hall–Kier alpha value is -2.40. The van der Waals surface area contributed by atoms with E-state index < -0.39 is 0 Å². The molecule has 124 valence electrons. The van der Waals surface area contributed by atoms with E-state index >= 15 is 0 Å². The Bertz CT molecular complexity index is 843. The van der Waals surface area contributed by atoms with Crippen LogP contribution in [0, 0.1) is 6.92 Å². The second-order valence-corrected chi connectivity index (χ2v) is 6.49. The first-order valence-electron chi connectivity index (χ1n) is 8.56. The first-order chi connectivity index (χ1) is 11.7. The molecule has 0 saturated carbocycles. The van der Waals surface area contributed by atoms with E-state index in [1.807, 2.05) is 35.7 Å². The number of aliphatic hydroxyl groups excluding tert-OH is 1. The topological polar surface area (TPSA) is 53.7 Å². The van der Waals surface area contributed by atoms with Crippen molar-refractivity contribution in [3.8, 4) is 11.3 Å². The van der Waals surface area contributed by atoms with Crippen LogP contribution in [0.15, 0.2) is 42.5 Å². The van der Waals surface area contributed by atoms with E-state index in [4.69, 9.17) is 4.98 Å². The van der Waals surface area contributed by atoms with Gasteiger partial charge < -0.3 is 10.0 Å². The molecule has 5 nitrogen and oxygen atoms in total. The molecular formula is C19H22N4O. The number of aryl methyl sites for hydroxylation is 1. The normalized spacial score (nSPS) is 18.8. The molecule has 1 aliphatic rings. The number of aliphatic hydroxyl groups is 1. The SMILES string of the molecule is Cc1cc2nc(-c3ccccc3)cc(N3CCC[C@@H](O)CC3)n2n1. The number of hydrogen-bond donors (Lipinski definition) is 1. The lowest BCUT2D eigenvalue weighted by molar-refractivity contribution is 0.161. The van der Waals surface area contributed by atoms with Crippen molar-refractivity contribution in [1.29, 1.82) is 0 Å². The van der Waals surface area contributed by atoms with Crippen LogP contribution in [0.4, 0.5) is 5.82 Å². The molecule has 24 heavy (non-hydrogen) atoms. The summed E-state index contributed by atoms with van der Waals surface area (Å²) in [5.74, 6) is 1.06. The summed E-state index contributed by atoms with van der Waals surface area (Å²) in [6.07, 6.45) is 2.46. The molecule has 0 bridgehead atoms. The molecule has 3 heterocycles. The third kappa shape index (κ3) is 2.87. The highest BCUT2D eigenvalue weighted by molar-refractivity contribution is 5.67. The largest absolute Gasteiger partial charge is 0.393 e. The molecule has 0 unspecified atom stereocenters. The zero-order valence-electron chi connectivity index (χ0n) is 13.9. The van der Waals surface area contributed by atoms with Gasteiger partial charge in [0.05, 0.1) is 17.5 Å². The smallest absolute Gasteiger partial charge is 0.158 e. The van der Waals surface area contributed by atoms with Gasteiger partial charge in [-0.1, -0.05) is 30.3 Å². The van der Waals surface area contributed by atoms with Crippen LogP contribution in [0.25, 0.3) is 16.9 Å². The molecule has 1 aromatic carbocycles. The van der Waals surface area contributed by atoms with E-state index in [1.54, 1.807) is 0 Å². The van der Waals surface area contributed by atoms with Crippen LogP contribution in [-0.4, -0.2) is 38.9 Å². The quantitative estimate of drug-likeness (QED) is 0.788. The number of fused-ring (bicyclic) bond motifs is 1. The van der Waals surface area contributed by atoms with Crippen molar-refractivity contribution in [2.24, 2.45) is 0 Å². The van der Waals surface area contributed by atoms with Crippen molar-refractivity contribution < 1.29 is 5.11 Å². The summed E-state index contributed by atoms with van der Waals surface area (Å²) in [5.41, 5.74) is 3.90. The van der Waals surface area contributed by atoms with Gasteiger partial charge in [-0.15, -0.1) is 0 Å². The van der Waals surface area contributed by atoms with E-state index in [0.717, 1.165) is 60.8 Å². The van der Waals surface area contributed by atoms with Crippen LogP contribution in [0.2, 0.25) is 0 Å². The Balaban J connectivity index is 1.83. The maximum absolute atomic E-state index is 9.94. The van der Waals surface area contributed by atoms with E-state index in [9.17, 15) is 5.11 Å². The molecule has 0 aliphatic carbocycles.